The Morgan fingerprint density at radius 1 is 1.10 bits per heavy atom. The highest BCUT2D eigenvalue weighted by molar-refractivity contribution is 5.90. The zero-order chi connectivity index (χ0) is 21.4. The van der Waals surface area contributed by atoms with Crippen molar-refractivity contribution in [1.82, 2.24) is 24.5 Å². The molecule has 152 valence electrons. The lowest BCUT2D eigenvalue weighted by Crippen LogP contribution is -2.26. The van der Waals surface area contributed by atoms with Gasteiger partial charge in [0.2, 0.25) is 0 Å². The molecule has 7 heteroatoms. The second-order valence-corrected chi connectivity index (χ2v) is 7.25. The molecule has 0 aliphatic heterocycles. The molecular formula is C24H20N6O. The topological polar surface area (TPSA) is 88.5 Å². The summed E-state index contributed by atoms with van der Waals surface area (Å²) in [5.74, 6) is 0.603. The van der Waals surface area contributed by atoms with E-state index in [1.54, 1.807) is 17.0 Å². The van der Waals surface area contributed by atoms with Crippen molar-refractivity contribution in [2.75, 3.05) is 5.32 Å². The van der Waals surface area contributed by atoms with Crippen molar-refractivity contribution in [2.45, 2.75) is 13.0 Å². The molecule has 0 saturated heterocycles. The first-order chi connectivity index (χ1) is 15.2. The van der Waals surface area contributed by atoms with Crippen LogP contribution in [0.15, 0.2) is 78.6 Å². The Labute approximate surface area is 178 Å². The molecule has 2 N–H and O–H groups in total. The largest absolute Gasteiger partial charge is 0.360 e. The molecule has 0 radical (unpaired) electrons. The van der Waals surface area contributed by atoms with E-state index in [9.17, 15) is 4.79 Å². The number of benzene rings is 2. The molecule has 0 saturated carbocycles. The minimum Gasteiger partial charge on any atom is -0.360 e. The Hall–Kier alpha value is -4.26. The second-order valence-electron chi connectivity index (χ2n) is 7.25. The maximum atomic E-state index is 13.7. The number of anilines is 1. The summed E-state index contributed by atoms with van der Waals surface area (Å²) in [6.07, 6.45) is 4.79. The van der Waals surface area contributed by atoms with Crippen LogP contribution in [0.3, 0.4) is 0 Å². The molecule has 0 aliphatic carbocycles. The molecule has 7 nitrogen and oxygen atoms in total. The monoisotopic (exact) mass is 408 g/mol. The summed E-state index contributed by atoms with van der Waals surface area (Å²) in [5.41, 5.74) is 3.64. The van der Waals surface area contributed by atoms with E-state index in [0.717, 1.165) is 22.3 Å². The Morgan fingerprint density at radius 3 is 2.74 bits per heavy atom. The number of imidazole rings is 1. The van der Waals surface area contributed by atoms with Crippen molar-refractivity contribution in [2.24, 2.45) is 0 Å². The number of aromatic nitrogens is 5. The standard InChI is InChI=1S/C24H20N6O/c1-3-16-8-7-9-17-12-19(30(24(31)20(16)17)18-10-5-4-6-11-18)15(2)29-23-21-22(26-13-25-21)27-14-28-23/h3-15H,1H2,2H3,(H2,25,26,27,28,29)/t15-/m1/s1. The minimum atomic E-state index is -0.237. The first-order valence-corrected chi connectivity index (χ1v) is 9.94. The van der Waals surface area contributed by atoms with E-state index in [-0.39, 0.29) is 11.6 Å². The van der Waals surface area contributed by atoms with Crippen molar-refractivity contribution in [3.05, 3.63) is 95.4 Å². The highest BCUT2D eigenvalue weighted by Crippen LogP contribution is 2.26. The third-order valence-corrected chi connectivity index (χ3v) is 5.36. The maximum absolute atomic E-state index is 13.7. The summed E-state index contributed by atoms with van der Waals surface area (Å²) in [7, 11) is 0. The fourth-order valence-electron chi connectivity index (χ4n) is 3.89. The van der Waals surface area contributed by atoms with Gasteiger partial charge in [0, 0.05) is 11.4 Å². The van der Waals surface area contributed by atoms with E-state index in [4.69, 9.17) is 0 Å². The SMILES string of the molecule is C=Cc1cccc2cc([C@@H](C)Nc3ncnc4[nH]cnc34)n(-c3ccccc3)c(=O)c12. The van der Waals surface area contributed by atoms with Crippen molar-refractivity contribution < 1.29 is 0 Å². The van der Waals surface area contributed by atoms with Crippen molar-refractivity contribution in [3.8, 4) is 5.69 Å². The molecule has 5 aromatic rings. The number of fused-ring (bicyclic) bond motifs is 2. The number of pyridine rings is 1. The highest BCUT2D eigenvalue weighted by Gasteiger charge is 2.19. The van der Waals surface area contributed by atoms with Crippen LogP contribution < -0.4 is 10.9 Å². The zero-order valence-corrected chi connectivity index (χ0v) is 16.9. The molecule has 0 fully saturated rings. The molecule has 0 unspecified atom stereocenters. The lowest BCUT2D eigenvalue weighted by molar-refractivity contribution is 0.774. The number of rotatable bonds is 5. The van der Waals surface area contributed by atoms with Crippen LogP contribution in [0.1, 0.15) is 24.2 Å². The first-order valence-electron chi connectivity index (χ1n) is 9.94. The molecule has 0 aliphatic rings. The van der Waals surface area contributed by atoms with Gasteiger partial charge in [-0.05, 0) is 36.1 Å². The second kappa shape index (κ2) is 7.53. The van der Waals surface area contributed by atoms with Crippen LogP contribution in [0.2, 0.25) is 0 Å². The van der Waals surface area contributed by atoms with Crippen molar-refractivity contribution in [1.29, 1.82) is 0 Å². The fraction of sp³-hybridized carbons (Fsp3) is 0.0833. The summed E-state index contributed by atoms with van der Waals surface area (Å²) in [4.78, 5) is 29.5. The third kappa shape index (κ3) is 3.16. The third-order valence-electron chi connectivity index (χ3n) is 5.36. The molecule has 3 heterocycles. The van der Waals surface area contributed by atoms with Crippen molar-refractivity contribution >= 4 is 33.8 Å². The lowest BCUT2D eigenvalue weighted by atomic mass is 10.0. The number of hydrogen-bond donors (Lipinski definition) is 2. The molecule has 1 atom stereocenters. The summed E-state index contributed by atoms with van der Waals surface area (Å²) >= 11 is 0. The highest BCUT2D eigenvalue weighted by atomic mass is 16.1. The number of nitrogens with one attached hydrogen (secondary N) is 2. The molecule has 2 aromatic carbocycles. The Kier molecular flexibility index (Phi) is 4.55. The Morgan fingerprint density at radius 2 is 1.94 bits per heavy atom. The van der Waals surface area contributed by atoms with Gasteiger partial charge in [0.25, 0.3) is 5.56 Å². The number of para-hydroxylation sites is 1. The van der Waals surface area contributed by atoms with E-state index in [0.29, 0.717) is 22.4 Å². The van der Waals surface area contributed by atoms with Crippen LogP contribution in [0.5, 0.6) is 0 Å². The average Bonchev–Trinajstić information content (AvgIpc) is 3.29. The minimum absolute atomic E-state index is 0.0875. The van der Waals surface area contributed by atoms with Crippen LogP contribution >= 0.6 is 0 Å². The Bertz CT molecular complexity index is 1470. The molecule has 0 spiro atoms. The summed E-state index contributed by atoms with van der Waals surface area (Å²) in [6.45, 7) is 5.88. The van der Waals surface area contributed by atoms with Gasteiger partial charge >= 0.3 is 0 Å². The fourth-order valence-corrected chi connectivity index (χ4v) is 3.89. The lowest BCUT2D eigenvalue weighted by Gasteiger charge is -2.21. The molecular weight excluding hydrogens is 388 g/mol. The molecule has 3 aromatic heterocycles. The van der Waals surface area contributed by atoms with Gasteiger partial charge in [0.15, 0.2) is 11.5 Å². The van der Waals surface area contributed by atoms with Crippen LogP contribution in [0, 0.1) is 0 Å². The van der Waals surface area contributed by atoms with Gasteiger partial charge in [0.05, 0.1) is 17.8 Å². The van der Waals surface area contributed by atoms with Crippen molar-refractivity contribution in [3.63, 3.8) is 0 Å². The first kappa shape index (κ1) is 18.7. The van der Waals surface area contributed by atoms with Gasteiger partial charge < -0.3 is 10.3 Å². The smallest absolute Gasteiger partial charge is 0.263 e. The number of H-pyrrole nitrogens is 1. The van der Waals surface area contributed by atoms with Gasteiger partial charge in [0.1, 0.15) is 11.8 Å². The van der Waals surface area contributed by atoms with Gasteiger partial charge in [-0.3, -0.25) is 9.36 Å². The molecule has 5 rings (SSSR count). The number of aromatic amines is 1. The zero-order valence-electron chi connectivity index (χ0n) is 16.9. The number of nitrogens with zero attached hydrogens (tertiary/aromatic N) is 4. The summed E-state index contributed by atoms with van der Waals surface area (Å²) in [5, 5.41) is 4.92. The van der Waals surface area contributed by atoms with E-state index >= 15 is 0 Å². The number of hydrogen-bond acceptors (Lipinski definition) is 5. The Balaban J connectivity index is 1.73. The maximum Gasteiger partial charge on any atom is 0.263 e. The average molecular weight is 408 g/mol. The van der Waals surface area contributed by atoms with Gasteiger partial charge in [-0.25, -0.2) is 15.0 Å². The van der Waals surface area contributed by atoms with Gasteiger partial charge in [-0.15, -0.1) is 0 Å². The predicted molar refractivity (Wildman–Crippen MR) is 123 cm³/mol. The quantitative estimate of drug-likeness (QED) is 0.448. The normalized spacial score (nSPS) is 12.2. The molecule has 0 amide bonds. The summed E-state index contributed by atoms with van der Waals surface area (Å²) < 4.78 is 1.75. The summed E-state index contributed by atoms with van der Waals surface area (Å²) in [6, 6.07) is 17.2. The van der Waals surface area contributed by atoms with Crippen LogP contribution in [-0.4, -0.2) is 24.5 Å². The molecule has 0 bridgehead atoms. The van der Waals surface area contributed by atoms with E-state index in [1.807, 2.05) is 61.5 Å². The van der Waals surface area contributed by atoms with Gasteiger partial charge in [-0.2, -0.15) is 0 Å². The van der Waals surface area contributed by atoms with E-state index in [1.165, 1.54) is 6.33 Å². The van der Waals surface area contributed by atoms with E-state index in [2.05, 4.69) is 31.8 Å². The predicted octanol–water partition coefficient (Wildman–Crippen LogP) is 4.47. The van der Waals surface area contributed by atoms with Crippen LogP contribution in [0.25, 0.3) is 33.7 Å². The van der Waals surface area contributed by atoms with Gasteiger partial charge in [-0.1, -0.05) is 49.1 Å². The van der Waals surface area contributed by atoms with Crippen LogP contribution in [-0.2, 0) is 0 Å². The van der Waals surface area contributed by atoms with E-state index < -0.39 is 0 Å². The molecule has 31 heavy (non-hydrogen) atoms. The van der Waals surface area contributed by atoms with Crippen LogP contribution in [0.4, 0.5) is 5.82 Å².